The van der Waals surface area contributed by atoms with Crippen molar-refractivity contribution in [2.45, 2.75) is 19.6 Å². The zero-order valence-corrected chi connectivity index (χ0v) is 38.9. The molecule has 7 N–H and O–H groups in total. The van der Waals surface area contributed by atoms with Gasteiger partial charge in [0.25, 0.3) is 40.5 Å². The lowest BCUT2D eigenvalue weighted by Gasteiger charge is -2.12. The Bertz CT molecular complexity index is 4290. The number of rotatable bonds is 12. The number of phenolic OH excluding ortho intramolecular Hbond substituents is 2. The Morgan fingerprint density at radius 2 is 0.859 bits per heavy atom. The molecule has 9 aromatic carbocycles. The van der Waals surface area contributed by atoms with E-state index in [0.29, 0.717) is 5.69 Å². The first-order valence-electron chi connectivity index (χ1n) is 20.2. The van der Waals surface area contributed by atoms with E-state index in [4.69, 9.17) is 0 Å². The summed E-state index contributed by atoms with van der Waals surface area (Å²) in [6.07, 6.45) is 0. The predicted molar refractivity (Wildman–Crippen MR) is 261 cm³/mol. The summed E-state index contributed by atoms with van der Waals surface area (Å²) >= 11 is 0. The molecule has 71 heavy (non-hydrogen) atoms. The van der Waals surface area contributed by atoms with Crippen molar-refractivity contribution in [1.82, 2.24) is 0 Å². The van der Waals surface area contributed by atoms with Crippen LogP contribution in [0.25, 0.3) is 43.1 Å². The van der Waals surface area contributed by atoms with Crippen LogP contribution < -0.4 is 5.32 Å². The number of phenols is 2. The fraction of sp³-hybridized carbons (Fsp3) is 0. The second-order valence-corrected chi connectivity index (χ2v) is 21.1. The Hall–Kier alpha value is -8.14. The number of azo groups is 3. The molecule has 0 aliphatic rings. The third-order valence-corrected chi connectivity index (χ3v) is 14.3. The van der Waals surface area contributed by atoms with Gasteiger partial charge in [0.2, 0.25) is 0 Å². The van der Waals surface area contributed by atoms with Crippen LogP contribution in [-0.2, 0) is 40.5 Å². The molecule has 0 atom stereocenters. The molecule has 0 amide bonds. The van der Waals surface area contributed by atoms with E-state index >= 15 is 0 Å². The zero-order chi connectivity index (χ0) is 50.6. The summed E-state index contributed by atoms with van der Waals surface area (Å²) in [5.74, 6) is -1.08. The molecule has 0 saturated heterocycles. The van der Waals surface area contributed by atoms with E-state index in [0.717, 1.165) is 48.2 Å². The molecule has 0 fully saturated rings. The van der Waals surface area contributed by atoms with E-state index in [1.165, 1.54) is 60.7 Å². The van der Waals surface area contributed by atoms with Gasteiger partial charge in [0.05, 0.1) is 43.1 Å². The molecule has 25 heteroatoms. The third kappa shape index (κ3) is 10.0. The number of hydrogen-bond donors (Lipinski definition) is 7. The van der Waals surface area contributed by atoms with Crippen molar-refractivity contribution in [3.63, 3.8) is 0 Å². The van der Waals surface area contributed by atoms with Crippen LogP contribution in [0.3, 0.4) is 0 Å². The number of nitrogens with one attached hydrogen (secondary N) is 1. The topological polar surface area (TPSA) is 344 Å². The highest BCUT2D eigenvalue weighted by Crippen LogP contribution is 2.44. The van der Waals surface area contributed by atoms with Gasteiger partial charge in [0.15, 0.2) is 5.75 Å². The first kappa shape index (κ1) is 47.9. The Kier molecular flexibility index (Phi) is 12.1. The second kappa shape index (κ2) is 18.0. The van der Waals surface area contributed by atoms with Gasteiger partial charge in [-0.3, -0.25) is 18.2 Å². The molecule has 9 aromatic rings. The molecule has 0 aromatic heterocycles. The number of fused-ring (bicyclic) bond motifs is 4. The van der Waals surface area contributed by atoms with Gasteiger partial charge in [-0.25, -0.2) is 0 Å². The van der Waals surface area contributed by atoms with E-state index < -0.39 is 77.2 Å². The van der Waals surface area contributed by atoms with Gasteiger partial charge in [0, 0.05) is 49.8 Å². The van der Waals surface area contributed by atoms with Crippen molar-refractivity contribution < 1.29 is 62.1 Å². The minimum absolute atomic E-state index is 0.0296. The number of para-hydroxylation sites is 1. The summed E-state index contributed by atoms with van der Waals surface area (Å²) in [4.78, 5) is -2.46. The molecule has 0 spiro atoms. The number of hydrogen-bond acceptors (Lipinski definition) is 17. The molecular formula is C46H31N7O14S4. The molecule has 0 unspecified atom stereocenters. The van der Waals surface area contributed by atoms with Crippen molar-refractivity contribution in [1.29, 1.82) is 0 Å². The number of nitrogens with zero attached hydrogens (tertiary/aromatic N) is 6. The fourth-order valence-corrected chi connectivity index (χ4v) is 9.73. The minimum atomic E-state index is -5.06. The minimum Gasteiger partial charge on any atom is -0.507 e. The summed E-state index contributed by atoms with van der Waals surface area (Å²) < 4.78 is 138. The van der Waals surface area contributed by atoms with E-state index in [1.54, 1.807) is 36.4 Å². The van der Waals surface area contributed by atoms with E-state index in [1.807, 2.05) is 6.07 Å². The van der Waals surface area contributed by atoms with Gasteiger partial charge in [-0.15, -0.1) is 25.6 Å². The normalized spacial score (nSPS) is 12.9. The van der Waals surface area contributed by atoms with Crippen molar-refractivity contribution >= 4 is 129 Å². The summed E-state index contributed by atoms with van der Waals surface area (Å²) in [6.45, 7) is 0. The molecule has 9 rings (SSSR count). The molecule has 358 valence electrons. The summed E-state index contributed by atoms with van der Waals surface area (Å²) in [5.41, 5.74) is 0.883. The number of benzene rings is 9. The molecule has 21 nitrogen and oxygen atoms in total. The van der Waals surface area contributed by atoms with Crippen LogP contribution in [0, 0.1) is 0 Å². The highest BCUT2D eigenvalue weighted by Gasteiger charge is 2.23. The molecule has 0 bridgehead atoms. The van der Waals surface area contributed by atoms with Gasteiger partial charge >= 0.3 is 0 Å². The van der Waals surface area contributed by atoms with E-state index in [9.17, 15) is 62.1 Å². The van der Waals surface area contributed by atoms with Crippen molar-refractivity contribution in [2.24, 2.45) is 30.7 Å². The largest absolute Gasteiger partial charge is 0.507 e. The van der Waals surface area contributed by atoms with Gasteiger partial charge < -0.3 is 15.5 Å². The smallest absolute Gasteiger partial charge is 0.296 e. The molecule has 0 aliphatic carbocycles. The molecule has 0 heterocycles. The maximum absolute atomic E-state index is 12.7. The standard InChI is InChI=1S/C46H31N7O14S4/c54-43-24-32(70(62,63)64)20-25-19-29(7-10-33(25)43)48-49-39-14-16-41(37-22-30(68(56,57)58)8-12-35(37)39)51-50-40-15-17-42(38-23-31(69(59,60)61)9-13-36(38)40)52-53-45-44(71(65,66)67)21-26-18-28(6-11-34(26)46(45)55)47-27-4-2-1-3-5-27/h1-24,47,54-55H,(H,56,57,58)(H,59,60,61)(H,62,63,64)(H,65,66,67). The third-order valence-electron chi connectivity index (χ3n) is 10.9. The molecule has 0 radical (unpaired) electrons. The van der Waals surface area contributed by atoms with Crippen LogP contribution >= 0.6 is 0 Å². The van der Waals surface area contributed by atoms with Crippen LogP contribution in [-0.4, -0.2) is 62.1 Å². The average Bonchev–Trinajstić information content (AvgIpc) is 3.31. The maximum atomic E-state index is 12.7. The van der Waals surface area contributed by atoms with Gasteiger partial charge in [0.1, 0.15) is 16.3 Å². The monoisotopic (exact) mass is 1030 g/mol. The lowest BCUT2D eigenvalue weighted by Crippen LogP contribution is -1.99. The number of anilines is 2. The molecule has 0 saturated carbocycles. The van der Waals surface area contributed by atoms with Crippen LogP contribution in [0.5, 0.6) is 11.5 Å². The van der Waals surface area contributed by atoms with E-state index in [-0.39, 0.29) is 71.5 Å². The Morgan fingerprint density at radius 3 is 1.41 bits per heavy atom. The zero-order valence-electron chi connectivity index (χ0n) is 35.6. The highest BCUT2D eigenvalue weighted by atomic mass is 32.2. The molecule has 0 aliphatic heterocycles. The van der Waals surface area contributed by atoms with Crippen molar-refractivity contribution in [2.75, 3.05) is 5.32 Å². The van der Waals surface area contributed by atoms with Gasteiger partial charge in [-0.2, -0.15) is 38.8 Å². The fourth-order valence-electron chi connectivity index (χ4n) is 7.52. The van der Waals surface area contributed by atoms with E-state index in [2.05, 4.69) is 36.0 Å². The summed E-state index contributed by atoms with van der Waals surface area (Å²) in [5, 5.41) is 51.5. The average molecular weight is 1030 g/mol. The molecular weight excluding hydrogens is 1000 g/mol. The second-order valence-electron chi connectivity index (χ2n) is 15.5. The van der Waals surface area contributed by atoms with Crippen LogP contribution in [0.4, 0.5) is 45.5 Å². The van der Waals surface area contributed by atoms with Crippen molar-refractivity contribution in [3.05, 3.63) is 146 Å². The van der Waals surface area contributed by atoms with Crippen LogP contribution in [0.2, 0.25) is 0 Å². The first-order chi connectivity index (χ1) is 33.5. The van der Waals surface area contributed by atoms with Crippen LogP contribution in [0.15, 0.2) is 196 Å². The van der Waals surface area contributed by atoms with Crippen LogP contribution in [0.1, 0.15) is 0 Å². The Balaban J connectivity index is 1.11. The predicted octanol–water partition coefficient (Wildman–Crippen LogP) is 11.7. The van der Waals surface area contributed by atoms with Crippen molar-refractivity contribution in [3.8, 4) is 11.5 Å². The lowest BCUT2D eigenvalue weighted by atomic mass is 10.1. The maximum Gasteiger partial charge on any atom is 0.296 e. The summed E-state index contributed by atoms with van der Waals surface area (Å²) in [7, 11) is -19.3. The Labute approximate surface area is 401 Å². The quantitative estimate of drug-likeness (QED) is 0.0442. The lowest BCUT2D eigenvalue weighted by molar-refractivity contribution is 0.471. The first-order valence-corrected chi connectivity index (χ1v) is 25.9. The number of aromatic hydroxyl groups is 2. The van der Waals surface area contributed by atoms with Gasteiger partial charge in [-0.05, 0) is 120 Å². The van der Waals surface area contributed by atoms with Gasteiger partial charge in [-0.1, -0.05) is 30.3 Å². The SMILES string of the molecule is O=S(=O)(O)c1cc(O)c2ccc(N=Nc3ccc(N=Nc4ccc(N=Nc5c(S(=O)(=O)O)cc6cc(Nc7ccccc7)ccc6c5O)c5cc(S(=O)(=O)O)ccc45)c4cc(S(=O)(=O)O)ccc34)cc2c1. The summed E-state index contributed by atoms with van der Waals surface area (Å²) in [6, 6.07) is 33.5. The Morgan fingerprint density at radius 1 is 0.366 bits per heavy atom. The highest BCUT2D eigenvalue weighted by molar-refractivity contribution is 7.86.